The van der Waals surface area contributed by atoms with E-state index in [2.05, 4.69) is 5.32 Å². The fourth-order valence-electron chi connectivity index (χ4n) is 2.21. The van der Waals surface area contributed by atoms with Gasteiger partial charge in [0, 0.05) is 6.54 Å². The number of nitrogens with one attached hydrogen (secondary N) is 1. The maximum absolute atomic E-state index is 11.8. The van der Waals surface area contributed by atoms with Crippen LogP contribution in [0.25, 0.3) is 0 Å². The average molecular weight is 413 g/mol. The first-order chi connectivity index (χ1) is 14.2. The molecule has 0 saturated carbocycles. The number of carbonyl (C=O) groups is 2. The number of aryl methyl sites for hydroxylation is 1. The van der Waals surface area contributed by atoms with E-state index in [1.807, 2.05) is 0 Å². The highest BCUT2D eigenvalue weighted by molar-refractivity contribution is 5.82. The van der Waals surface area contributed by atoms with Gasteiger partial charge in [-0.2, -0.15) is 0 Å². The van der Waals surface area contributed by atoms with Gasteiger partial charge in [0.25, 0.3) is 5.91 Å². The number of hydrogen-bond donors (Lipinski definition) is 2. The summed E-state index contributed by atoms with van der Waals surface area (Å²) in [5, 5.41) is 11.2. The highest BCUT2D eigenvalue weighted by Crippen LogP contribution is 2.19. The molecule has 164 valence electrons. The van der Waals surface area contributed by atoms with Gasteiger partial charge in [-0.05, 0) is 18.6 Å². The molecule has 1 aromatic rings. The average Bonchev–Trinajstić information content (AvgIpc) is 2.72. The highest BCUT2D eigenvalue weighted by atomic mass is 16.6. The Morgan fingerprint density at radius 2 is 1.55 bits per heavy atom. The minimum atomic E-state index is -0.289. The number of carbonyl (C=O) groups excluding carboxylic acids is 2. The van der Waals surface area contributed by atoms with Gasteiger partial charge in [0.05, 0.1) is 65.0 Å². The summed E-state index contributed by atoms with van der Waals surface area (Å²) in [6, 6.07) is 5.23. The van der Waals surface area contributed by atoms with Gasteiger partial charge in [0.2, 0.25) is 0 Å². The zero-order valence-corrected chi connectivity index (χ0v) is 16.9. The number of rotatable bonds is 18. The minimum absolute atomic E-state index is 0.0101. The van der Waals surface area contributed by atoms with E-state index in [4.69, 9.17) is 28.8 Å². The second-order valence-electron chi connectivity index (χ2n) is 5.92. The Balaban J connectivity index is 1.93. The molecule has 2 N–H and O–H groups in total. The maximum Gasteiger partial charge on any atom is 0.258 e. The van der Waals surface area contributed by atoms with E-state index in [9.17, 15) is 9.59 Å². The Labute approximate surface area is 171 Å². The summed E-state index contributed by atoms with van der Waals surface area (Å²) in [5.74, 6) is 0.105. The smallest absolute Gasteiger partial charge is 0.258 e. The van der Waals surface area contributed by atoms with Gasteiger partial charge in [-0.15, -0.1) is 0 Å². The number of hydrogen-bond acceptors (Lipinski definition) is 8. The molecule has 0 saturated heterocycles. The summed E-state index contributed by atoms with van der Waals surface area (Å²) in [6.45, 7) is 5.36. The van der Waals surface area contributed by atoms with Crippen LogP contribution < -0.4 is 10.1 Å². The fraction of sp³-hybridized carbons (Fsp3) is 0.600. The van der Waals surface area contributed by atoms with E-state index in [-0.39, 0.29) is 19.1 Å². The molecule has 0 aromatic heterocycles. The molecular formula is C20H31NO8. The predicted molar refractivity (Wildman–Crippen MR) is 105 cm³/mol. The molecule has 0 bridgehead atoms. The second-order valence-corrected chi connectivity index (χ2v) is 5.92. The first-order valence-corrected chi connectivity index (χ1v) is 9.55. The minimum Gasteiger partial charge on any atom is -0.483 e. The number of aliphatic hydroxyl groups excluding tert-OH is 1. The Hall–Kier alpha value is -2.04. The number of benzene rings is 1. The zero-order chi connectivity index (χ0) is 21.2. The van der Waals surface area contributed by atoms with Crippen LogP contribution in [0.5, 0.6) is 5.75 Å². The molecular weight excluding hydrogens is 382 g/mol. The molecule has 29 heavy (non-hydrogen) atoms. The first-order valence-electron chi connectivity index (χ1n) is 9.55. The topological polar surface area (TPSA) is 113 Å². The Morgan fingerprint density at radius 3 is 2.14 bits per heavy atom. The van der Waals surface area contributed by atoms with Crippen molar-refractivity contribution in [3.63, 3.8) is 0 Å². The molecule has 0 radical (unpaired) electrons. The Bertz CT molecular complexity index is 582. The lowest BCUT2D eigenvalue weighted by Crippen LogP contribution is -2.32. The van der Waals surface area contributed by atoms with Crippen LogP contribution in [-0.4, -0.2) is 89.9 Å². The van der Waals surface area contributed by atoms with Gasteiger partial charge < -0.3 is 34.1 Å². The molecule has 0 aliphatic rings. The molecule has 0 aliphatic heterocycles. The predicted octanol–water partition coefficient (Wildman–Crippen LogP) is 0.361. The Morgan fingerprint density at radius 1 is 0.966 bits per heavy atom. The van der Waals surface area contributed by atoms with Crippen molar-refractivity contribution in [1.29, 1.82) is 0 Å². The van der Waals surface area contributed by atoms with Gasteiger partial charge in [-0.1, -0.05) is 12.1 Å². The molecule has 1 rings (SSSR count). The van der Waals surface area contributed by atoms with E-state index in [0.717, 1.165) is 11.8 Å². The normalized spacial score (nSPS) is 10.7. The monoisotopic (exact) mass is 413 g/mol. The van der Waals surface area contributed by atoms with Gasteiger partial charge in [0.15, 0.2) is 12.9 Å². The summed E-state index contributed by atoms with van der Waals surface area (Å²) < 4.78 is 26.4. The third-order valence-corrected chi connectivity index (χ3v) is 3.68. The van der Waals surface area contributed by atoms with Crippen LogP contribution in [0.1, 0.15) is 15.9 Å². The van der Waals surface area contributed by atoms with Crippen LogP contribution in [0.15, 0.2) is 18.2 Å². The van der Waals surface area contributed by atoms with E-state index < -0.39 is 0 Å². The van der Waals surface area contributed by atoms with Crippen LogP contribution in [0, 0.1) is 6.92 Å². The lowest BCUT2D eigenvalue weighted by atomic mass is 10.1. The largest absolute Gasteiger partial charge is 0.483 e. The van der Waals surface area contributed by atoms with Gasteiger partial charge >= 0.3 is 0 Å². The number of aldehydes is 1. The third kappa shape index (κ3) is 12.2. The quantitative estimate of drug-likeness (QED) is 0.262. The summed E-state index contributed by atoms with van der Waals surface area (Å²) in [7, 11) is 0. The summed E-state index contributed by atoms with van der Waals surface area (Å²) in [5.41, 5.74) is 1.25. The van der Waals surface area contributed by atoms with Crippen molar-refractivity contribution in [2.24, 2.45) is 0 Å². The molecule has 1 amide bonds. The van der Waals surface area contributed by atoms with E-state index in [1.165, 1.54) is 0 Å². The standard InChI is InChI=1S/C20H31NO8/c1-17-3-2-4-19(18(17)15-23)29-16-20(24)21-5-7-25-9-11-27-13-14-28-12-10-26-8-6-22/h2-4,15,22H,5-14,16H2,1H3,(H,21,24). The van der Waals surface area contributed by atoms with Crippen molar-refractivity contribution in [3.8, 4) is 5.75 Å². The molecule has 0 heterocycles. The molecule has 0 spiro atoms. The van der Waals surface area contributed by atoms with E-state index in [1.54, 1.807) is 25.1 Å². The zero-order valence-electron chi connectivity index (χ0n) is 16.9. The molecule has 1 aromatic carbocycles. The summed E-state index contributed by atoms with van der Waals surface area (Å²) in [6.07, 6.45) is 0.721. The van der Waals surface area contributed by atoms with Crippen molar-refractivity contribution in [3.05, 3.63) is 29.3 Å². The van der Waals surface area contributed by atoms with Crippen LogP contribution in [0.3, 0.4) is 0 Å². The van der Waals surface area contributed by atoms with Crippen LogP contribution in [0.4, 0.5) is 0 Å². The summed E-state index contributed by atoms with van der Waals surface area (Å²) >= 11 is 0. The molecule has 9 heteroatoms. The number of ether oxygens (including phenoxy) is 5. The van der Waals surface area contributed by atoms with Crippen molar-refractivity contribution < 1.29 is 38.4 Å². The van der Waals surface area contributed by atoms with E-state index in [0.29, 0.717) is 70.7 Å². The lowest BCUT2D eigenvalue weighted by molar-refractivity contribution is -0.123. The molecule has 0 atom stereocenters. The fourth-order valence-corrected chi connectivity index (χ4v) is 2.21. The van der Waals surface area contributed by atoms with Crippen molar-refractivity contribution >= 4 is 12.2 Å². The number of aliphatic hydroxyl groups is 1. The molecule has 0 unspecified atom stereocenters. The van der Waals surface area contributed by atoms with E-state index >= 15 is 0 Å². The third-order valence-electron chi connectivity index (χ3n) is 3.68. The van der Waals surface area contributed by atoms with Crippen LogP contribution >= 0.6 is 0 Å². The molecule has 0 fully saturated rings. The van der Waals surface area contributed by atoms with Crippen molar-refractivity contribution in [1.82, 2.24) is 5.32 Å². The lowest BCUT2D eigenvalue weighted by Gasteiger charge is -2.10. The first kappa shape index (κ1) is 25.0. The van der Waals surface area contributed by atoms with Gasteiger partial charge in [-0.25, -0.2) is 0 Å². The van der Waals surface area contributed by atoms with Crippen LogP contribution in [-0.2, 0) is 23.7 Å². The molecule has 0 aliphatic carbocycles. The second kappa shape index (κ2) is 16.9. The number of amides is 1. The van der Waals surface area contributed by atoms with Gasteiger partial charge in [-0.3, -0.25) is 9.59 Å². The SMILES string of the molecule is Cc1cccc(OCC(=O)NCCOCCOCCOCCOCCO)c1C=O. The Kier molecular flexibility index (Phi) is 14.5. The van der Waals surface area contributed by atoms with Gasteiger partial charge in [0.1, 0.15) is 5.75 Å². The molecule has 9 nitrogen and oxygen atoms in total. The van der Waals surface area contributed by atoms with Crippen LogP contribution in [0.2, 0.25) is 0 Å². The van der Waals surface area contributed by atoms with Crippen molar-refractivity contribution in [2.45, 2.75) is 6.92 Å². The summed E-state index contributed by atoms with van der Waals surface area (Å²) in [4.78, 5) is 22.9. The highest BCUT2D eigenvalue weighted by Gasteiger charge is 2.08. The maximum atomic E-state index is 11.8. The van der Waals surface area contributed by atoms with Crippen molar-refractivity contribution in [2.75, 3.05) is 72.6 Å².